The third-order valence-electron chi connectivity index (χ3n) is 2.58. The number of hydrogen-bond donors (Lipinski definition) is 1. The molecule has 2 atom stereocenters. The lowest BCUT2D eigenvalue weighted by atomic mass is 10.1. The van der Waals surface area contributed by atoms with Crippen molar-refractivity contribution in [1.29, 1.82) is 0 Å². The second kappa shape index (κ2) is 5.85. The Morgan fingerprint density at radius 2 is 2.07 bits per heavy atom. The molecule has 0 amide bonds. The summed E-state index contributed by atoms with van der Waals surface area (Å²) in [6.07, 6.45) is 2.15. The molecule has 15 heavy (non-hydrogen) atoms. The van der Waals surface area contributed by atoms with Gasteiger partial charge in [-0.05, 0) is 26.3 Å². The summed E-state index contributed by atoms with van der Waals surface area (Å²) in [6, 6.07) is 0.148. The zero-order chi connectivity index (χ0) is 11.3. The molecular weight excluding hydrogens is 190 g/mol. The topological polar surface area (TPSA) is 51.0 Å². The molecule has 0 radical (unpaired) electrons. The maximum absolute atomic E-state index is 5.22. The molecule has 0 saturated heterocycles. The van der Waals surface area contributed by atoms with E-state index in [1.54, 1.807) is 0 Å². The van der Waals surface area contributed by atoms with E-state index < -0.39 is 0 Å². The third-order valence-corrected chi connectivity index (χ3v) is 2.58. The molecule has 0 aliphatic carbocycles. The highest BCUT2D eigenvalue weighted by molar-refractivity contribution is 4.96. The Kier molecular flexibility index (Phi) is 4.75. The van der Waals surface area contributed by atoms with Crippen LogP contribution in [-0.4, -0.2) is 16.7 Å². The SMILES string of the molecule is CCCNC(C)c1nc(C(C)CC)no1. The molecule has 0 spiro atoms. The van der Waals surface area contributed by atoms with Crippen molar-refractivity contribution in [1.82, 2.24) is 15.5 Å². The van der Waals surface area contributed by atoms with Crippen LogP contribution in [0.25, 0.3) is 0 Å². The first-order valence-electron chi connectivity index (χ1n) is 5.75. The maximum atomic E-state index is 5.22. The average molecular weight is 211 g/mol. The normalized spacial score (nSPS) is 15.2. The molecule has 0 saturated carbocycles. The number of nitrogens with one attached hydrogen (secondary N) is 1. The number of aromatic nitrogens is 2. The number of rotatable bonds is 6. The van der Waals surface area contributed by atoms with Gasteiger partial charge in [0.1, 0.15) is 0 Å². The first-order valence-corrected chi connectivity index (χ1v) is 5.75. The van der Waals surface area contributed by atoms with E-state index in [4.69, 9.17) is 4.52 Å². The van der Waals surface area contributed by atoms with Gasteiger partial charge in [0.05, 0.1) is 6.04 Å². The maximum Gasteiger partial charge on any atom is 0.243 e. The minimum atomic E-state index is 0.148. The molecule has 2 unspecified atom stereocenters. The molecular formula is C11H21N3O. The Labute approximate surface area is 91.5 Å². The fraction of sp³-hybridized carbons (Fsp3) is 0.818. The second-order valence-corrected chi connectivity index (χ2v) is 3.98. The molecule has 1 heterocycles. The quantitative estimate of drug-likeness (QED) is 0.786. The standard InChI is InChI=1S/C11H21N3O/c1-5-7-12-9(4)11-13-10(14-15-11)8(3)6-2/h8-9,12H,5-7H2,1-4H3. The lowest BCUT2D eigenvalue weighted by molar-refractivity contribution is 0.335. The third kappa shape index (κ3) is 3.30. The van der Waals surface area contributed by atoms with Crippen LogP contribution >= 0.6 is 0 Å². The number of hydrogen-bond acceptors (Lipinski definition) is 4. The Morgan fingerprint density at radius 3 is 2.67 bits per heavy atom. The minimum absolute atomic E-state index is 0.148. The summed E-state index contributed by atoms with van der Waals surface area (Å²) in [5.74, 6) is 1.89. The fourth-order valence-electron chi connectivity index (χ4n) is 1.25. The molecule has 4 heteroatoms. The molecule has 1 aromatic heterocycles. The highest BCUT2D eigenvalue weighted by Gasteiger charge is 2.16. The van der Waals surface area contributed by atoms with Crippen LogP contribution in [0.4, 0.5) is 0 Å². The van der Waals surface area contributed by atoms with E-state index in [-0.39, 0.29) is 6.04 Å². The molecule has 1 aromatic rings. The molecule has 4 nitrogen and oxygen atoms in total. The van der Waals surface area contributed by atoms with Crippen LogP contribution in [0.15, 0.2) is 4.52 Å². The van der Waals surface area contributed by atoms with Crippen molar-refractivity contribution in [2.75, 3.05) is 6.54 Å². The van der Waals surface area contributed by atoms with Gasteiger partial charge in [0, 0.05) is 5.92 Å². The van der Waals surface area contributed by atoms with Gasteiger partial charge in [0.2, 0.25) is 5.89 Å². The first kappa shape index (κ1) is 12.2. The Bertz CT molecular complexity index is 285. The van der Waals surface area contributed by atoms with Gasteiger partial charge in [0.25, 0.3) is 0 Å². The van der Waals surface area contributed by atoms with Gasteiger partial charge >= 0.3 is 0 Å². The molecule has 0 bridgehead atoms. The smallest absolute Gasteiger partial charge is 0.243 e. The van der Waals surface area contributed by atoms with Crippen LogP contribution in [0.3, 0.4) is 0 Å². The van der Waals surface area contributed by atoms with Crippen LogP contribution in [0.5, 0.6) is 0 Å². The van der Waals surface area contributed by atoms with Gasteiger partial charge in [0.15, 0.2) is 5.82 Å². The summed E-state index contributed by atoms with van der Waals surface area (Å²) in [4.78, 5) is 4.39. The molecule has 86 valence electrons. The van der Waals surface area contributed by atoms with Gasteiger partial charge in [-0.15, -0.1) is 0 Å². The van der Waals surface area contributed by atoms with Crippen molar-refractivity contribution in [3.05, 3.63) is 11.7 Å². The molecule has 0 aliphatic heterocycles. The van der Waals surface area contributed by atoms with Gasteiger partial charge in [-0.2, -0.15) is 4.98 Å². The summed E-state index contributed by atoms with van der Waals surface area (Å²) >= 11 is 0. The zero-order valence-electron chi connectivity index (χ0n) is 10.1. The summed E-state index contributed by atoms with van der Waals surface area (Å²) in [7, 11) is 0. The van der Waals surface area contributed by atoms with Crippen LogP contribution in [0, 0.1) is 0 Å². The average Bonchev–Trinajstić information content (AvgIpc) is 2.74. The van der Waals surface area contributed by atoms with Gasteiger partial charge in [-0.3, -0.25) is 0 Å². The Balaban J connectivity index is 2.58. The van der Waals surface area contributed by atoms with Crippen molar-refractivity contribution in [3.63, 3.8) is 0 Å². The first-order chi connectivity index (χ1) is 7.19. The van der Waals surface area contributed by atoms with E-state index in [0.717, 1.165) is 25.2 Å². The van der Waals surface area contributed by atoms with Crippen molar-refractivity contribution >= 4 is 0 Å². The Hall–Kier alpha value is -0.900. The van der Waals surface area contributed by atoms with Crippen LogP contribution in [0.2, 0.25) is 0 Å². The van der Waals surface area contributed by atoms with Crippen molar-refractivity contribution in [3.8, 4) is 0 Å². The number of nitrogens with zero attached hydrogens (tertiary/aromatic N) is 2. The second-order valence-electron chi connectivity index (χ2n) is 3.98. The van der Waals surface area contributed by atoms with E-state index in [2.05, 4.69) is 36.2 Å². The van der Waals surface area contributed by atoms with Crippen LogP contribution < -0.4 is 5.32 Å². The van der Waals surface area contributed by atoms with Crippen LogP contribution in [0.1, 0.15) is 64.2 Å². The van der Waals surface area contributed by atoms with E-state index in [9.17, 15) is 0 Å². The van der Waals surface area contributed by atoms with Gasteiger partial charge in [-0.1, -0.05) is 25.9 Å². The van der Waals surface area contributed by atoms with Gasteiger partial charge in [-0.25, -0.2) is 0 Å². The van der Waals surface area contributed by atoms with E-state index >= 15 is 0 Å². The monoisotopic (exact) mass is 211 g/mol. The van der Waals surface area contributed by atoms with E-state index in [1.165, 1.54) is 0 Å². The predicted molar refractivity (Wildman–Crippen MR) is 59.7 cm³/mol. The molecule has 0 fully saturated rings. The highest BCUT2D eigenvalue weighted by Crippen LogP contribution is 2.17. The molecule has 0 aromatic carbocycles. The summed E-state index contributed by atoms with van der Waals surface area (Å²) in [6.45, 7) is 9.39. The molecule has 0 aliphatic rings. The lowest BCUT2D eigenvalue weighted by Crippen LogP contribution is -2.19. The van der Waals surface area contributed by atoms with Crippen molar-refractivity contribution in [2.45, 2.75) is 52.5 Å². The fourth-order valence-corrected chi connectivity index (χ4v) is 1.25. The zero-order valence-corrected chi connectivity index (χ0v) is 10.1. The predicted octanol–water partition coefficient (Wildman–Crippen LogP) is 2.64. The molecule has 1 rings (SSSR count). The van der Waals surface area contributed by atoms with Gasteiger partial charge < -0.3 is 9.84 Å². The van der Waals surface area contributed by atoms with Crippen LogP contribution in [-0.2, 0) is 0 Å². The summed E-state index contributed by atoms with van der Waals surface area (Å²) in [5.41, 5.74) is 0. The Morgan fingerprint density at radius 1 is 1.33 bits per heavy atom. The largest absolute Gasteiger partial charge is 0.338 e. The highest BCUT2D eigenvalue weighted by atomic mass is 16.5. The minimum Gasteiger partial charge on any atom is -0.338 e. The summed E-state index contributed by atoms with van der Waals surface area (Å²) in [5, 5.41) is 7.31. The van der Waals surface area contributed by atoms with E-state index in [0.29, 0.717) is 11.8 Å². The van der Waals surface area contributed by atoms with Crippen molar-refractivity contribution < 1.29 is 4.52 Å². The molecule has 1 N–H and O–H groups in total. The summed E-state index contributed by atoms with van der Waals surface area (Å²) < 4.78 is 5.22. The van der Waals surface area contributed by atoms with Crippen molar-refractivity contribution in [2.24, 2.45) is 0 Å². The lowest BCUT2D eigenvalue weighted by Gasteiger charge is -2.07. The van der Waals surface area contributed by atoms with E-state index in [1.807, 2.05) is 6.92 Å².